The number of nitrogens with zero attached hydrogens (tertiary/aromatic N) is 5. The van der Waals surface area contributed by atoms with Gasteiger partial charge >= 0.3 is 0 Å². The molecule has 0 N–H and O–H groups in total. The van der Waals surface area contributed by atoms with Gasteiger partial charge in [0.2, 0.25) is 0 Å². The highest BCUT2D eigenvalue weighted by Crippen LogP contribution is 2.17. The molecular formula is C30H31N5O. The second-order valence-corrected chi connectivity index (χ2v) is 9.17. The number of hydrogen-bond acceptors (Lipinski definition) is 5. The van der Waals surface area contributed by atoms with Crippen LogP contribution in [-0.4, -0.2) is 38.3 Å². The maximum absolute atomic E-state index is 5.39. The normalized spacial score (nSPS) is 11.3. The van der Waals surface area contributed by atoms with Crippen molar-refractivity contribution >= 4 is 10.9 Å². The number of para-hydroxylation sites is 1. The van der Waals surface area contributed by atoms with Crippen molar-refractivity contribution < 1.29 is 4.74 Å². The minimum atomic E-state index is 0.685. The molecule has 2 aromatic heterocycles. The van der Waals surface area contributed by atoms with Crippen LogP contribution in [0.15, 0.2) is 91.3 Å². The molecule has 0 unspecified atom stereocenters. The van der Waals surface area contributed by atoms with Crippen molar-refractivity contribution in [1.29, 1.82) is 0 Å². The third kappa shape index (κ3) is 5.96. The van der Waals surface area contributed by atoms with Crippen molar-refractivity contribution in [3.05, 3.63) is 119 Å². The van der Waals surface area contributed by atoms with Crippen molar-refractivity contribution in [3.8, 4) is 5.75 Å². The van der Waals surface area contributed by atoms with Gasteiger partial charge in [0.1, 0.15) is 17.9 Å². The Labute approximate surface area is 212 Å². The topological polar surface area (TPSA) is 56.1 Å². The number of fused-ring (bicyclic) bond motifs is 1. The summed E-state index contributed by atoms with van der Waals surface area (Å²) in [4.78, 5) is 7.33. The summed E-state index contributed by atoms with van der Waals surface area (Å²) in [6.45, 7) is 5.13. The molecule has 0 atom stereocenters. The van der Waals surface area contributed by atoms with Crippen molar-refractivity contribution in [1.82, 2.24) is 24.6 Å². The van der Waals surface area contributed by atoms with Crippen LogP contribution in [0.3, 0.4) is 0 Å². The van der Waals surface area contributed by atoms with Gasteiger partial charge in [-0.3, -0.25) is 9.88 Å². The van der Waals surface area contributed by atoms with Gasteiger partial charge in [-0.15, -0.1) is 10.2 Å². The van der Waals surface area contributed by atoms with Gasteiger partial charge in [0.15, 0.2) is 0 Å². The lowest BCUT2D eigenvalue weighted by Crippen LogP contribution is -2.27. The number of hydrogen-bond donors (Lipinski definition) is 0. The minimum absolute atomic E-state index is 0.685. The Morgan fingerprint density at radius 3 is 2.58 bits per heavy atom. The smallest absolute Gasteiger partial charge is 0.147 e. The van der Waals surface area contributed by atoms with Gasteiger partial charge in [0, 0.05) is 18.5 Å². The summed E-state index contributed by atoms with van der Waals surface area (Å²) in [6, 6.07) is 29.4. The van der Waals surface area contributed by atoms with E-state index in [9.17, 15) is 0 Å². The van der Waals surface area contributed by atoms with Gasteiger partial charge in [0.25, 0.3) is 0 Å². The quantitative estimate of drug-likeness (QED) is 0.268. The summed E-state index contributed by atoms with van der Waals surface area (Å²) in [6.07, 6.45) is 2.76. The average molecular weight is 478 g/mol. The third-order valence-corrected chi connectivity index (χ3v) is 6.43. The molecule has 6 nitrogen and oxygen atoms in total. The van der Waals surface area contributed by atoms with Crippen LogP contribution in [-0.2, 0) is 26.1 Å². The molecule has 5 rings (SSSR count). The SMILES string of the molecule is COc1cccc(Cn2cnnc2CN(CCc2ccc(C)cc2)Cc2ccc3ccccc3n2)c1. The van der Waals surface area contributed by atoms with E-state index in [1.54, 1.807) is 13.4 Å². The average Bonchev–Trinajstić information content (AvgIpc) is 3.34. The molecule has 182 valence electrons. The van der Waals surface area contributed by atoms with Crippen LogP contribution in [0.4, 0.5) is 0 Å². The maximum atomic E-state index is 5.39. The summed E-state index contributed by atoms with van der Waals surface area (Å²) >= 11 is 0. The molecule has 0 radical (unpaired) electrons. The van der Waals surface area contributed by atoms with Crippen LogP contribution in [0.25, 0.3) is 10.9 Å². The van der Waals surface area contributed by atoms with Crippen LogP contribution in [0.2, 0.25) is 0 Å². The number of ether oxygens (including phenoxy) is 1. The van der Waals surface area contributed by atoms with E-state index in [1.807, 2.05) is 24.3 Å². The zero-order valence-electron chi connectivity index (χ0n) is 20.8. The molecule has 0 bridgehead atoms. The van der Waals surface area contributed by atoms with Crippen molar-refractivity contribution in [2.24, 2.45) is 0 Å². The van der Waals surface area contributed by atoms with Gasteiger partial charge in [-0.2, -0.15) is 0 Å². The first-order valence-corrected chi connectivity index (χ1v) is 12.3. The number of rotatable bonds is 10. The zero-order valence-corrected chi connectivity index (χ0v) is 20.8. The van der Waals surface area contributed by atoms with E-state index in [0.29, 0.717) is 13.1 Å². The van der Waals surface area contributed by atoms with Crippen LogP contribution in [0.1, 0.15) is 28.2 Å². The molecule has 0 fully saturated rings. The highest BCUT2D eigenvalue weighted by Gasteiger charge is 2.14. The van der Waals surface area contributed by atoms with Crippen LogP contribution >= 0.6 is 0 Å². The van der Waals surface area contributed by atoms with E-state index in [1.165, 1.54) is 11.1 Å². The molecule has 0 aliphatic carbocycles. The van der Waals surface area contributed by atoms with E-state index < -0.39 is 0 Å². The van der Waals surface area contributed by atoms with E-state index in [-0.39, 0.29) is 0 Å². The minimum Gasteiger partial charge on any atom is -0.497 e. The molecule has 0 spiro atoms. The number of aromatic nitrogens is 4. The Balaban J connectivity index is 1.36. The Bertz CT molecular complexity index is 1430. The Kier molecular flexibility index (Phi) is 7.33. The van der Waals surface area contributed by atoms with Crippen LogP contribution < -0.4 is 4.74 Å². The lowest BCUT2D eigenvalue weighted by molar-refractivity contribution is 0.247. The summed E-state index contributed by atoms with van der Waals surface area (Å²) < 4.78 is 7.50. The van der Waals surface area contributed by atoms with Gasteiger partial charge in [0.05, 0.1) is 31.4 Å². The zero-order chi connectivity index (χ0) is 24.7. The molecule has 0 amide bonds. The molecule has 5 aromatic rings. The molecule has 0 saturated heterocycles. The first-order chi connectivity index (χ1) is 17.7. The van der Waals surface area contributed by atoms with E-state index in [2.05, 4.69) is 87.3 Å². The fourth-order valence-electron chi connectivity index (χ4n) is 4.38. The molecule has 0 aliphatic rings. The molecule has 36 heavy (non-hydrogen) atoms. The number of pyridine rings is 1. The molecule has 6 heteroatoms. The number of methoxy groups -OCH3 is 1. The largest absolute Gasteiger partial charge is 0.497 e. The highest BCUT2D eigenvalue weighted by atomic mass is 16.5. The fourth-order valence-corrected chi connectivity index (χ4v) is 4.38. The Morgan fingerprint density at radius 1 is 0.861 bits per heavy atom. The van der Waals surface area contributed by atoms with Gasteiger partial charge < -0.3 is 9.30 Å². The first kappa shape index (κ1) is 23.7. The standard InChI is InChI=1S/C30H31N5O/c1-23-10-12-24(13-11-23)16-17-34(20-27-15-14-26-7-3-4-9-29(26)32-27)21-30-33-31-22-35(30)19-25-6-5-8-28(18-25)36-2/h3-15,18,22H,16-17,19-21H2,1-2H3. The molecule has 0 saturated carbocycles. The lowest BCUT2D eigenvalue weighted by Gasteiger charge is -2.22. The predicted octanol–water partition coefficient (Wildman–Crippen LogP) is 5.44. The van der Waals surface area contributed by atoms with E-state index >= 15 is 0 Å². The lowest BCUT2D eigenvalue weighted by atomic mass is 10.1. The van der Waals surface area contributed by atoms with Gasteiger partial charge in [-0.25, -0.2) is 0 Å². The predicted molar refractivity (Wildman–Crippen MR) is 143 cm³/mol. The molecule has 0 aliphatic heterocycles. The first-order valence-electron chi connectivity index (χ1n) is 12.3. The summed E-state index contributed by atoms with van der Waals surface area (Å²) in [7, 11) is 1.69. The van der Waals surface area contributed by atoms with Gasteiger partial charge in [-0.1, -0.05) is 66.2 Å². The summed E-state index contributed by atoms with van der Waals surface area (Å²) in [5.41, 5.74) is 5.83. The number of aryl methyl sites for hydroxylation is 1. The Hall–Kier alpha value is -4.03. The maximum Gasteiger partial charge on any atom is 0.147 e. The van der Waals surface area contributed by atoms with Crippen molar-refractivity contribution in [2.75, 3.05) is 13.7 Å². The Morgan fingerprint density at radius 2 is 1.72 bits per heavy atom. The second-order valence-electron chi connectivity index (χ2n) is 9.17. The highest BCUT2D eigenvalue weighted by molar-refractivity contribution is 5.78. The molecule has 3 aromatic carbocycles. The van der Waals surface area contributed by atoms with E-state index in [0.717, 1.165) is 53.2 Å². The van der Waals surface area contributed by atoms with Crippen LogP contribution in [0, 0.1) is 6.92 Å². The monoisotopic (exact) mass is 477 g/mol. The summed E-state index contributed by atoms with van der Waals surface area (Å²) in [5, 5.41) is 9.86. The van der Waals surface area contributed by atoms with Crippen molar-refractivity contribution in [3.63, 3.8) is 0 Å². The van der Waals surface area contributed by atoms with Crippen molar-refractivity contribution in [2.45, 2.75) is 33.0 Å². The third-order valence-electron chi connectivity index (χ3n) is 6.43. The number of benzene rings is 3. The van der Waals surface area contributed by atoms with Crippen LogP contribution in [0.5, 0.6) is 5.75 Å². The van der Waals surface area contributed by atoms with E-state index in [4.69, 9.17) is 9.72 Å². The van der Waals surface area contributed by atoms with Gasteiger partial charge in [-0.05, 0) is 48.7 Å². The second kappa shape index (κ2) is 11.1. The molecule has 2 heterocycles. The molecular weight excluding hydrogens is 446 g/mol. The summed E-state index contributed by atoms with van der Waals surface area (Å²) in [5.74, 6) is 1.78. The fraction of sp³-hybridized carbons (Fsp3) is 0.233.